The van der Waals surface area contributed by atoms with Gasteiger partial charge in [-0.2, -0.15) is 5.26 Å². The van der Waals surface area contributed by atoms with Crippen molar-refractivity contribution in [3.05, 3.63) is 0 Å². The molecular weight excluding hydrogens is 186 g/mol. The fourth-order valence-corrected chi connectivity index (χ4v) is 1.62. The van der Waals surface area contributed by atoms with Gasteiger partial charge in [0.05, 0.1) is 12.0 Å². The van der Waals surface area contributed by atoms with Crippen molar-refractivity contribution in [2.75, 3.05) is 27.2 Å². The second kappa shape index (κ2) is 7.67. The van der Waals surface area contributed by atoms with Crippen LogP contribution in [0, 0.1) is 23.2 Å². The molecule has 0 fully saturated rings. The monoisotopic (exact) mass is 211 g/mol. The Morgan fingerprint density at radius 2 is 1.87 bits per heavy atom. The molecule has 0 aliphatic heterocycles. The summed E-state index contributed by atoms with van der Waals surface area (Å²) < 4.78 is 0. The molecule has 0 aliphatic carbocycles. The number of nitrogens with zero attached hydrogens (tertiary/aromatic N) is 2. The minimum absolute atomic E-state index is 0.0989. The van der Waals surface area contributed by atoms with Crippen LogP contribution >= 0.6 is 0 Å². The second-order valence-corrected chi connectivity index (χ2v) is 5.03. The van der Waals surface area contributed by atoms with Crippen molar-refractivity contribution in [2.24, 2.45) is 11.8 Å². The van der Waals surface area contributed by atoms with Gasteiger partial charge >= 0.3 is 0 Å². The Bertz CT molecular complexity index is 184. The van der Waals surface area contributed by atoms with Gasteiger partial charge in [0.1, 0.15) is 0 Å². The molecule has 0 radical (unpaired) electrons. The normalized spacial score (nSPS) is 15.3. The number of nitrogens with one attached hydrogen (secondary N) is 1. The molecule has 15 heavy (non-hydrogen) atoms. The molecule has 0 aromatic heterocycles. The maximum absolute atomic E-state index is 8.71. The molecule has 2 atom stereocenters. The van der Waals surface area contributed by atoms with Crippen LogP contribution in [0.4, 0.5) is 0 Å². The number of nitriles is 1. The van der Waals surface area contributed by atoms with Crippen LogP contribution in [0.1, 0.15) is 27.2 Å². The maximum Gasteiger partial charge on any atom is 0.0666 e. The first kappa shape index (κ1) is 14.4. The molecule has 0 saturated heterocycles. The predicted molar refractivity (Wildman–Crippen MR) is 64.6 cm³/mol. The van der Waals surface area contributed by atoms with Crippen molar-refractivity contribution in [1.82, 2.24) is 10.2 Å². The molecule has 0 heterocycles. The summed E-state index contributed by atoms with van der Waals surface area (Å²) in [7, 11) is 4.17. The SMILES string of the molecule is CC(C)CC(CN(C)C)NCC(C)C#N. The number of hydrogen-bond acceptors (Lipinski definition) is 3. The van der Waals surface area contributed by atoms with E-state index in [9.17, 15) is 0 Å². The average Bonchev–Trinajstić information content (AvgIpc) is 2.11. The largest absolute Gasteiger partial charge is 0.311 e. The van der Waals surface area contributed by atoms with E-state index >= 15 is 0 Å². The molecule has 0 spiro atoms. The zero-order chi connectivity index (χ0) is 11.8. The summed E-state index contributed by atoms with van der Waals surface area (Å²) in [5.74, 6) is 0.793. The molecule has 0 aliphatic rings. The third kappa shape index (κ3) is 8.41. The summed E-state index contributed by atoms with van der Waals surface area (Å²) in [6.07, 6.45) is 1.16. The summed E-state index contributed by atoms with van der Waals surface area (Å²) >= 11 is 0. The van der Waals surface area contributed by atoms with Crippen molar-refractivity contribution in [3.8, 4) is 6.07 Å². The van der Waals surface area contributed by atoms with Crippen LogP contribution in [-0.2, 0) is 0 Å². The van der Waals surface area contributed by atoms with E-state index in [0.29, 0.717) is 12.0 Å². The van der Waals surface area contributed by atoms with E-state index in [4.69, 9.17) is 5.26 Å². The van der Waals surface area contributed by atoms with Gasteiger partial charge in [-0.25, -0.2) is 0 Å². The second-order valence-electron chi connectivity index (χ2n) is 5.03. The molecule has 2 unspecified atom stereocenters. The van der Waals surface area contributed by atoms with Crippen molar-refractivity contribution in [3.63, 3.8) is 0 Å². The fourth-order valence-electron chi connectivity index (χ4n) is 1.62. The Morgan fingerprint density at radius 1 is 1.27 bits per heavy atom. The number of likely N-dealkylation sites (N-methyl/N-ethyl adjacent to an activating group) is 1. The van der Waals surface area contributed by atoms with Crippen molar-refractivity contribution < 1.29 is 0 Å². The molecular formula is C12H25N3. The first-order valence-electron chi connectivity index (χ1n) is 5.73. The zero-order valence-electron chi connectivity index (χ0n) is 10.7. The van der Waals surface area contributed by atoms with E-state index in [0.717, 1.165) is 19.5 Å². The Balaban J connectivity index is 3.96. The highest BCUT2D eigenvalue weighted by molar-refractivity contribution is 4.82. The molecule has 0 aromatic rings. The molecule has 0 aromatic carbocycles. The van der Waals surface area contributed by atoms with Crippen LogP contribution in [0.3, 0.4) is 0 Å². The Labute approximate surface area is 94.5 Å². The van der Waals surface area contributed by atoms with Gasteiger partial charge in [0.25, 0.3) is 0 Å². The van der Waals surface area contributed by atoms with E-state index in [2.05, 4.69) is 44.2 Å². The fraction of sp³-hybridized carbons (Fsp3) is 0.917. The Hall–Kier alpha value is -0.590. The lowest BCUT2D eigenvalue weighted by molar-refractivity contribution is 0.302. The van der Waals surface area contributed by atoms with Crippen LogP contribution in [0.5, 0.6) is 0 Å². The summed E-state index contributed by atoms with van der Waals surface area (Å²) in [4.78, 5) is 2.19. The van der Waals surface area contributed by atoms with E-state index < -0.39 is 0 Å². The minimum atomic E-state index is 0.0989. The highest BCUT2D eigenvalue weighted by Crippen LogP contribution is 2.06. The first-order valence-corrected chi connectivity index (χ1v) is 5.73. The quantitative estimate of drug-likeness (QED) is 0.697. The first-order chi connectivity index (χ1) is 6.95. The minimum Gasteiger partial charge on any atom is -0.311 e. The van der Waals surface area contributed by atoms with Gasteiger partial charge in [0.15, 0.2) is 0 Å². The lowest BCUT2D eigenvalue weighted by atomic mass is 10.0. The van der Waals surface area contributed by atoms with Gasteiger partial charge in [-0.15, -0.1) is 0 Å². The van der Waals surface area contributed by atoms with Crippen molar-refractivity contribution >= 4 is 0 Å². The topological polar surface area (TPSA) is 39.1 Å². The average molecular weight is 211 g/mol. The van der Waals surface area contributed by atoms with Gasteiger partial charge < -0.3 is 10.2 Å². The molecule has 88 valence electrons. The van der Waals surface area contributed by atoms with Crippen LogP contribution in [0.2, 0.25) is 0 Å². The molecule has 3 nitrogen and oxygen atoms in total. The van der Waals surface area contributed by atoms with E-state index in [1.807, 2.05) is 6.92 Å². The maximum atomic E-state index is 8.71. The summed E-state index contributed by atoms with van der Waals surface area (Å²) in [6, 6.07) is 2.75. The predicted octanol–water partition coefficient (Wildman–Crippen LogP) is 1.71. The standard InChI is InChI=1S/C12H25N3/c1-10(2)6-12(9-15(4)5)14-8-11(3)7-13/h10-12,14H,6,8-9H2,1-5H3. The lowest BCUT2D eigenvalue weighted by Gasteiger charge is -2.24. The van der Waals surface area contributed by atoms with Crippen molar-refractivity contribution in [1.29, 1.82) is 5.26 Å². The lowest BCUT2D eigenvalue weighted by Crippen LogP contribution is -2.40. The molecule has 0 amide bonds. The van der Waals surface area contributed by atoms with Crippen LogP contribution < -0.4 is 5.32 Å². The number of rotatable bonds is 7. The van der Waals surface area contributed by atoms with Gasteiger partial charge in [-0.05, 0) is 33.4 Å². The summed E-state index contributed by atoms with van der Waals surface area (Å²) in [6.45, 7) is 8.25. The van der Waals surface area contributed by atoms with E-state index in [-0.39, 0.29) is 5.92 Å². The third-order valence-electron chi connectivity index (χ3n) is 2.27. The van der Waals surface area contributed by atoms with Crippen molar-refractivity contribution in [2.45, 2.75) is 33.2 Å². The third-order valence-corrected chi connectivity index (χ3v) is 2.27. The molecule has 0 rings (SSSR count). The number of hydrogen-bond donors (Lipinski definition) is 1. The molecule has 0 saturated carbocycles. The Morgan fingerprint density at radius 3 is 2.27 bits per heavy atom. The van der Waals surface area contributed by atoms with Gasteiger partial charge in [-0.1, -0.05) is 13.8 Å². The van der Waals surface area contributed by atoms with Crippen LogP contribution in [0.15, 0.2) is 0 Å². The summed E-state index contributed by atoms with van der Waals surface area (Å²) in [5.41, 5.74) is 0. The van der Waals surface area contributed by atoms with E-state index in [1.165, 1.54) is 0 Å². The zero-order valence-corrected chi connectivity index (χ0v) is 10.7. The molecule has 1 N–H and O–H groups in total. The van der Waals surface area contributed by atoms with Crippen LogP contribution in [0.25, 0.3) is 0 Å². The Kier molecular flexibility index (Phi) is 7.37. The highest BCUT2D eigenvalue weighted by Gasteiger charge is 2.12. The van der Waals surface area contributed by atoms with Crippen LogP contribution in [-0.4, -0.2) is 38.1 Å². The van der Waals surface area contributed by atoms with E-state index in [1.54, 1.807) is 0 Å². The van der Waals surface area contributed by atoms with Gasteiger partial charge in [0, 0.05) is 19.1 Å². The molecule has 3 heteroatoms. The summed E-state index contributed by atoms with van der Waals surface area (Å²) in [5, 5.41) is 12.2. The van der Waals surface area contributed by atoms with Gasteiger partial charge in [0.2, 0.25) is 0 Å². The molecule has 0 bridgehead atoms. The van der Waals surface area contributed by atoms with Gasteiger partial charge in [-0.3, -0.25) is 0 Å². The highest BCUT2D eigenvalue weighted by atomic mass is 15.1. The smallest absolute Gasteiger partial charge is 0.0666 e.